The van der Waals surface area contributed by atoms with Crippen LogP contribution in [0.15, 0.2) is 24.3 Å². The van der Waals surface area contributed by atoms with Crippen LogP contribution in [0.5, 0.6) is 5.75 Å². The van der Waals surface area contributed by atoms with Gasteiger partial charge in [-0.3, -0.25) is 4.79 Å². The molecule has 0 bridgehead atoms. The molecular formula is C26H38N2O6. The van der Waals surface area contributed by atoms with E-state index in [-0.39, 0.29) is 18.2 Å². The molecule has 1 saturated heterocycles. The molecule has 1 aliphatic carbocycles. The van der Waals surface area contributed by atoms with Gasteiger partial charge in [0.05, 0.1) is 19.6 Å². The summed E-state index contributed by atoms with van der Waals surface area (Å²) in [7, 11) is 1.53. The summed E-state index contributed by atoms with van der Waals surface area (Å²) < 4.78 is 10.9. The van der Waals surface area contributed by atoms with Gasteiger partial charge in [-0.05, 0) is 45.1 Å². The molecule has 0 spiro atoms. The quantitative estimate of drug-likeness (QED) is 0.601. The first-order valence-corrected chi connectivity index (χ1v) is 12.2. The van der Waals surface area contributed by atoms with Crippen molar-refractivity contribution in [1.29, 1.82) is 0 Å². The third-order valence-electron chi connectivity index (χ3n) is 6.84. The fraction of sp³-hybridized carbons (Fsp3) is 0.654. The fourth-order valence-corrected chi connectivity index (χ4v) is 5.26. The van der Waals surface area contributed by atoms with Gasteiger partial charge in [0.25, 0.3) is 0 Å². The van der Waals surface area contributed by atoms with Gasteiger partial charge in [0.15, 0.2) is 0 Å². The number of carbonyl (C=O) groups is 3. The van der Waals surface area contributed by atoms with E-state index in [1.807, 2.05) is 6.07 Å². The highest BCUT2D eigenvalue weighted by Gasteiger charge is 2.43. The predicted molar refractivity (Wildman–Crippen MR) is 128 cm³/mol. The Morgan fingerprint density at radius 2 is 1.79 bits per heavy atom. The first kappa shape index (κ1) is 25.8. The number of methoxy groups -OCH3 is 1. The number of rotatable bonds is 7. The van der Waals surface area contributed by atoms with Crippen LogP contribution in [0.25, 0.3) is 0 Å². The van der Waals surface area contributed by atoms with E-state index < -0.39 is 29.7 Å². The van der Waals surface area contributed by atoms with E-state index in [2.05, 4.69) is 5.32 Å². The number of benzene rings is 1. The van der Waals surface area contributed by atoms with Crippen LogP contribution in [0.3, 0.4) is 0 Å². The summed E-state index contributed by atoms with van der Waals surface area (Å²) in [5, 5.41) is 12.7. The minimum Gasteiger partial charge on any atom is -0.496 e. The van der Waals surface area contributed by atoms with Crippen LogP contribution in [-0.2, 0) is 14.3 Å². The van der Waals surface area contributed by atoms with Gasteiger partial charge in [0.1, 0.15) is 17.4 Å². The molecule has 1 unspecified atom stereocenters. The number of carboxylic acids is 1. The van der Waals surface area contributed by atoms with Crippen LogP contribution < -0.4 is 10.1 Å². The Bertz CT molecular complexity index is 874. The average Bonchev–Trinajstić information content (AvgIpc) is 3.24. The van der Waals surface area contributed by atoms with Gasteiger partial charge in [-0.15, -0.1) is 0 Å². The molecule has 1 heterocycles. The smallest absolute Gasteiger partial charge is 0.408 e. The monoisotopic (exact) mass is 474 g/mol. The van der Waals surface area contributed by atoms with Crippen molar-refractivity contribution in [2.45, 2.75) is 83.4 Å². The summed E-state index contributed by atoms with van der Waals surface area (Å²) in [6.45, 7) is 5.75. The third kappa shape index (κ3) is 6.64. The number of hydrogen-bond donors (Lipinski definition) is 2. The van der Waals surface area contributed by atoms with Crippen molar-refractivity contribution in [1.82, 2.24) is 10.2 Å². The third-order valence-corrected chi connectivity index (χ3v) is 6.84. The van der Waals surface area contributed by atoms with Gasteiger partial charge >= 0.3 is 12.1 Å². The van der Waals surface area contributed by atoms with Gasteiger partial charge in [-0.1, -0.05) is 50.3 Å². The zero-order valence-electron chi connectivity index (χ0n) is 20.7. The number of nitrogens with one attached hydrogen (secondary N) is 1. The van der Waals surface area contributed by atoms with Crippen LogP contribution in [0, 0.1) is 11.8 Å². The molecular weight excluding hydrogens is 436 g/mol. The Labute approximate surface area is 202 Å². The van der Waals surface area contributed by atoms with E-state index in [1.165, 1.54) is 31.3 Å². The van der Waals surface area contributed by atoms with Crippen molar-refractivity contribution < 1.29 is 29.0 Å². The molecule has 188 valence electrons. The van der Waals surface area contributed by atoms with Crippen LogP contribution in [-0.4, -0.2) is 53.3 Å². The molecule has 2 aliphatic rings. The number of para-hydroxylation sites is 1. The van der Waals surface area contributed by atoms with Gasteiger partial charge in [-0.2, -0.15) is 0 Å². The second kappa shape index (κ2) is 11.1. The van der Waals surface area contributed by atoms with Gasteiger partial charge < -0.3 is 24.8 Å². The highest BCUT2D eigenvalue weighted by atomic mass is 16.6. The standard InChI is InChI=1S/C26H38N2O6/c1-26(2,3)34-25(32)27-20(19-12-8-9-13-22(19)33-4)15-23(29)28-16-18(14-21(28)24(30)31)17-10-6-5-7-11-17/h8-9,12-13,17-18,20-21H,5-7,10-11,14-16H2,1-4H3,(H,27,32)(H,30,31)/t18-,20+,21?/m1/s1. The van der Waals surface area contributed by atoms with E-state index in [0.29, 0.717) is 30.2 Å². The number of carboxylic acid groups (broad SMARTS) is 1. The largest absolute Gasteiger partial charge is 0.496 e. The molecule has 1 aromatic rings. The number of carbonyl (C=O) groups excluding carboxylic acids is 2. The molecule has 8 nitrogen and oxygen atoms in total. The lowest BCUT2D eigenvalue weighted by Crippen LogP contribution is -2.43. The Kier molecular flexibility index (Phi) is 8.44. The second-order valence-electron chi connectivity index (χ2n) is 10.4. The molecule has 2 amide bonds. The lowest BCUT2D eigenvalue weighted by Gasteiger charge is -2.28. The Morgan fingerprint density at radius 3 is 2.41 bits per heavy atom. The van der Waals surface area contributed by atoms with Crippen LogP contribution in [0.1, 0.15) is 77.3 Å². The normalized spacial score (nSPS) is 22.2. The molecule has 3 rings (SSSR count). The van der Waals surface area contributed by atoms with Crippen molar-refractivity contribution in [3.05, 3.63) is 29.8 Å². The first-order valence-electron chi connectivity index (χ1n) is 12.2. The molecule has 3 atom stereocenters. The summed E-state index contributed by atoms with van der Waals surface area (Å²) >= 11 is 0. The van der Waals surface area contributed by atoms with E-state index in [1.54, 1.807) is 39.0 Å². The number of ether oxygens (including phenoxy) is 2. The van der Waals surface area contributed by atoms with Crippen LogP contribution in [0.2, 0.25) is 0 Å². The van der Waals surface area contributed by atoms with Crippen molar-refractivity contribution in [2.75, 3.05) is 13.7 Å². The summed E-state index contributed by atoms with van der Waals surface area (Å²) in [5.41, 5.74) is -0.0604. The highest BCUT2D eigenvalue weighted by molar-refractivity contribution is 5.85. The summed E-state index contributed by atoms with van der Waals surface area (Å²) in [4.78, 5) is 39.6. The van der Waals surface area contributed by atoms with Gasteiger partial charge in [0, 0.05) is 12.1 Å². The molecule has 0 aromatic heterocycles. The molecule has 1 aromatic carbocycles. The molecule has 2 fully saturated rings. The van der Waals surface area contributed by atoms with Crippen molar-refractivity contribution in [3.8, 4) is 5.75 Å². The first-order chi connectivity index (χ1) is 16.1. The lowest BCUT2D eigenvalue weighted by atomic mass is 9.79. The summed E-state index contributed by atoms with van der Waals surface area (Å²) in [6, 6.07) is 5.61. The summed E-state index contributed by atoms with van der Waals surface area (Å²) in [5.74, 6) is -0.0573. The number of alkyl carbamates (subject to hydrolysis) is 1. The maximum absolute atomic E-state index is 13.5. The Hall–Kier alpha value is -2.77. The highest BCUT2D eigenvalue weighted by Crippen LogP contribution is 2.38. The van der Waals surface area contributed by atoms with E-state index in [9.17, 15) is 19.5 Å². The van der Waals surface area contributed by atoms with E-state index >= 15 is 0 Å². The minimum atomic E-state index is -0.972. The van der Waals surface area contributed by atoms with E-state index in [4.69, 9.17) is 9.47 Å². The number of hydrogen-bond acceptors (Lipinski definition) is 5. The van der Waals surface area contributed by atoms with Crippen LogP contribution in [0.4, 0.5) is 4.79 Å². The van der Waals surface area contributed by atoms with Crippen LogP contribution >= 0.6 is 0 Å². The maximum atomic E-state index is 13.5. The molecule has 0 radical (unpaired) electrons. The number of likely N-dealkylation sites (tertiary alicyclic amines) is 1. The molecule has 2 N–H and O–H groups in total. The lowest BCUT2D eigenvalue weighted by molar-refractivity contribution is -0.148. The zero-order chi connectivity index (χ0) is 24.9. The topological polar surface area (TPSA) is 105 Å². The number of nitrogens with zero attached hydrogens (tertiary/aromatic N) is 1. The Balaban J connectivity index is 1.80. The van der Waals surface area contributed by atoms with Crippen molar-refractivity contribution in [3.63, 3.8) is 0 Å². The summed E-state index contributed by atoms with van der Waals surface area (Å²) in [6.07, 6.45) is 5.53. The fourth-order valence-electron chi connectivity index (χ4n) is 5.26. The number of amides is 2. The zero-order valence-corrected chi connectivity index (χ0v) is 20.7. The second-order valence-corrected chi connectivity index (χ2v) is 10.4. The van der Waals surface area contributed by atoms with Gasteiger partial charge in [0.2, 0.25) is 5.91 Å². The Morgan fingerprint density at radius 1 is 1.12 bits per heavy atom. The van der Waals surface area contributed by atoms with Crippen molar-refractivity contribution >= 4 is 18.0 Å². The SMILES string of the molecule is COc1ccccc1[C@H](CC(=O)N1C[C@H](C2CCCCC2)CC1C(=O)O)NC(=O)OC(C)(C)C. The average molecular weight is 475 g/mol. The molecule has 8 heteroatoms. The molecule has 1 aliphatic heterocycles. The minimum absolute atomic E-state index is 0.0826. The maximum Gasteiger partial charge on any atom is 0.408 e. The molecule has 34 heavy (non-hydrogen) atoms. The predicted octanol–water partition coefficient (Wildman–Crippen LogP) is 4.53. The van der Waals surface area contributed by atoms with E-state index in [0.717, 1.165) is 12.8 Å². The number of aliphatic carboxylic acids is 1. The van der Waals surface area contributed by atoms with Crippen molar-refractivity contribution in [2.24, 2.45) is 11.8 Å². The van der Waals surface area contributed by atoms with Gasteiger partial charge in [-0.25, -0.2) is 9.59 Å². The molecule has 1 saturated carbocycles.